The zero-order valence-corrected chi connectivity index (χ0v) is 37.3. The van der Waals surface area contributed by atoms with E-state index in [-0.39, 0.29) is 35.4 Å². The summed E-state index contributed by atoms with van der Waals surface area (Å²) in [5.74, 6) is 0.155. The molecule has 0 radical (unpaired) electrons. The van der Waals surface area contributed by atoms with Crippen LogP contribution in [-0.4, -0.2) is 30.8 Å². The normalized spacial score (nSPS) is 18.6. The maximum atomic E-state index is 13.6. The molecule has 9 rings (SSSR count). The molecular formula is C57H52F6O4. The van der Waals surface area contributed by atoms with Gasteiger partial charge in [0.2, 0.25) is 0 Å². The van der Waals surface area contributed by atoms with Gasteiger partial charge >= 0.3 is 12.4 Å². The summed E-state index contributed by atoms with van der Waals surface area (Å²) in [4.78, 5) is 13.6. The number of hydrogen-bond donors (Lipinski definition) is 0. The Kier molecular flexibility index (Phi) is 13.1. The zero-order chi connectivity index (χ0) is 46.9. The fourth-order valence-electron chi connectivity index (χ4n) is 10.2. The highest BCUT2D eigenvalue weighted by Gasteiger charge is 2.57. The Morgan fingerprint density at radius 1 is 0.552 bits per heavy atom. The van der Waals surface area contributed by atoms with Gasteiger partial charge in [0, 0.05) is 11.1 Å². The number of halogens is 6. The maximum Gasteiger partial charge on any atom is 0.403 e. The Hall–Kier alpha value is -6.29. The Morgan fingerprint density at radius 2 is 1.07 bits per heavy atom. The van der Waals surface area contributed by atoms with E-state index in [9.17, 15) is 31.1 Å². The number of ketones is 1. The second-order valence-electron chi connectivity index (χ2n) is 18.7. The van der Waals surface area contributed by atoms with E-state index in [1.54, 1.807) is 12.1 Å². The predicted molar refractivity (Wildman–Crippen MR) is 250 cm³/mol. The smallest absolute Gasteiger partial charge is 0.403 e. The summed E-state index contributed by atoms with van der Waals surface area (Å²) in [5.41, 5.74) is 4.42. The van der Waals surface area contributed by atoms with Crippen molar-refractivity contribution in [2.45, 2.75) is 88.6 Å². The molecule has 0 N–H and O–H groups in total. The van der Waals surface area contributed by atoms with Gasteiger partial charge in [-0.15, -0.1) is 0 Å². The van der Waals surface area contributed by atoms with Crippen molar-refractivity contribution in [3.05, 3.63) is 179 Å². The summed E-state index contributed by atoms with van der Waals surface area (Å²) in [6.45, 7) is 2.73. The molecule has 6 atom stereocenters. The van der Waals surface area contributed by atoms with Crippen LogP contribution in [0, 0.1) is 17.8 Å². The van der Waals surface area contributed by atoms with E-state index in [0.29, 0.717) is 28.5 Å². The van der Waals surface area contributed by atoms with Crippen LogP contribution in [0.2, 0.25) is 0 Å². The molecular weight excluding hydrogens is 863 g/mol. The van der Waals surface area contributed by atoms with Gasteiger partial charge in [-0.2, -0.15) is 26.3 Å². The first-order chi connectivity index (χ1) is 32.1. The number of rotatable bonds is 16. The van der Waals surface area contributed by atoms with Gasteiger partial charge in [0.1, 0.15) is 35.7 Å². The highest BCUT2D eigenvalue weighted by Crippen LogP contribution is 2.47. The Balaban J connectivity index is 0.877. The van der Waals surface area contributed by atoms with Crippen LogP contribution in [0.25, 0.3) is 21.5 Å². The highest BCUT2D eigenvalue weighted by molar-refractivity contribution is 6.12. The SMILES string of the molecule is CC(CC(CC(C)c1ccc(Oc2ccc3ccc(C(=O)c4ccc5ccccc5c4)cc3c2)cc1)c1ccc(OC2CC3CCC2C3)cc1)c1ccc(OCC(C(F)(F)F)C(F)(F)F)cc1. The second-order valence-corrected chi connectivity index (χ2v) is 18.7. The van der Waals surface area contributed by atoms with Crippen LogP contribution in [0.5, 0.6) is 23.0 Å². The molecule has 0 amide bonds. The third kappa shape index (κ3) is 10.8. The zero-order valence-electron chi connectivity index (χ0n) is 37.3. The number of carbonyl (C=O) groups is 1. The molecule has 0 saturated heterocycles. The number of alkyl halides is 6. The molecule has 0 aromatic heterocycles. The van der Waals surface area contributed by atoms with Gasteiger partial charge in [-0.25, -0.2) is 0 Å². The minimum atomic E-state index is -5.47. The van der Waals surface area contributed by atoms with Crippen molar-refractivity contribution < 1.29 is 45.3 Å². The second kappa shape index (κ2) is 19.1. The molecule has 2 bridgehead atoms. The molecule has 0 aliphatic heterocycles. The highest BCUT2D eigenvalue weighted by atomic mass is 19.4. The largest absolute Gasteiger partial charge is 0.493 e. The van der Waals surface area contributed by atoms with Crippen LogP contribution < -0.4 is 14.2 Å². The fourth-order valence-corrected chi connectivity index (χ4v) is 10.2. The lowest BCUT2D eigenvalue weighted by Crippen LogP contribution is -2.40. The number of benzene rings is 7. The molecule has 4 nitrogen and oxygen atoms in total. The van der Waals surface area contributed by atoms with Crippen molar-refractivity contribution in [2.24, 2.45) is 17.8 Å². The van der Waals surface area contributed by atoms with Gasteiger partial charge in [0.05, 0.1) is 0 Å². The van der Waals surface area contributed by atoms with E-state index in [1.165, 1.54) is 31.4 Å². The molecule has 67 heavy (non-hydrogen) atoms. The molecule has 10 heteroatoms. The summed E-state index contributed by atoms with van der Waals surface area (Å²) >= 11 is 0. The third-order valence-electron chi connectivity index (χ3n) is 14.0. The van der Waals surface area contributed by atoms with Crippen molar-refractivity contribution in [1.82, 2.24) is 0 Å². The van der Waals surface area contributed by atoms with E-state index in [0.717, 1.165) is 69.2 Å². The molecule has 7 aromatic carbocycles. The molecule has 0 heterocycles. The van der Waals surface area contributed by atoms with Crippen LogP contribution >= 0.6 is 0 Å². The minimum Gasteiger partial charge on any atom is -0.493 e. The van der Waals surface area contributed by atoms with Crippen molar-refractivity contribution in [3.8, 4) is 23.0 Å². The molecule has 6 unspecified atom stereocenters. The minimum absolute atomic E-state index is 0.0000685. The quantitative estimate of drug-likeness (QED) is 0.0716. The Morgan fingerprint density at radius 3 is 1.66 bits per heavy atom. The molecule has 0 spiro atoms. The lowest BCUT2D eigenvalue weighted by molar-refractivity contribution is -0.289. The van der Waals surface area contributed by atoms with E-state index in [2.05, 4.69) is 50.2 Å². The van der Waals surface area contributed by atoms with Crippen LogP contribution in [0.15, 0.2) is 152 Å². The van der Waals surface area contributed by atoms with Crippen LogP contribution in [-0.2, 0) is 0 Å². The topological polar surface area (TPSA) is 44.8 Å². The lowest BCUT2D eigenvalue weighted by atomic mass is 9.79. The molecule has 2 aliphatic carbocycles. The van der Waals surface area contributed by atoms with Crippen LogP contribution in [0.3, 0.4) is 0 Å². The number of fused-ring (bicyclic) bond motifs is 4. The van der Waals surface area contributed by atoms with E-state index < -0.39 is 24.9 Å². The molecule has 2 saturated carbocycles. The van der Waals surface area contributed by atoms with Crippen molar-refractivity contribution in [1.29, 1.82) is 0 Å². The fraction of sp³-hybridized carbons (Fsp3) is 0.316. The Bertz CT molecular complexity index is 2800. The van der Waals surface area contributed by atoms with Crippen molar-refractivity contribution >= 4 is 27.3 Å². The average Bonchev–Trinajstić information content (AvgIpc) is 3.94. The summed E-state index contributed by atoms with van der Waals surface area (Å²) in [7, 11) is 0. The monoisotopic (exact) mass is 914 g/mol. The summed E-state index contributed by atoms with van der Waals surface area (Å²) in [6.07, 6.45) is -4.24. The average molecular weight is 915 g/mol. The molecule has 7 aromatic rings. The van der Waals surface area contributed by atoms with Gasteiger partial charge in [-0.05, 0) is 167 Å². The van der Waals surface area contributed by atoms with Crippen LogP contribution in [0.4, 0.5) is 26.3 Å². The first-order valence-electron chi connectivity index (χ1n) is 23.1. The first kappa shape index (κ1) is 45.8. The number of ether oxygens (including phenoxy) is 3. The molecule has 346 valence electrons. The standard InChI is InChI=1S/C57H52F6O4/c1-35(38-13-20-49(21-14-38)65-34-54(56(58,59)60)57(61,62)63)27-47(42-17-24-51(25-18-42)67-53-30-37-7-8-44(53)29-37)28-36(2)39-15-22-50(23-16-39)66-52-26-19-41-10-12-46(32-48(41)33-52)55(64)45-11-9-40-5-3-4-6-43(40)31-45/h3-6,9-26,31-33,35-37,44,47,53-54H,7-8,27-30,34H2,1-2H3. The van der Waals surface area contributed by atoms with Gasteiger partial charge < -0.3 is 14.2 Å². The Labute approximate surface area is 386 Å². The van der Waals surface area contributed by atoms with Crippen molar-refractivity contribution in [3.63, 3.8) is 0 Å². The van der Waals surface area contributed by atoms with Gasteiger partial charge in [0.25, 0.3) is 0 Å². The number of hydrogen-bond acceptors (Lipinski definition) is 4. The van der Waals surface area contributed by atoms with Gasteiger partial charge in [-0.1, -0.05) is 105 Å². The van der Waals surface area contributed by atoms with Gasteiger partial charge in [-0.3, -0.25) is 4.79 Å². The molecule has 2 fully saturated rings. The van der Waals surface area contributed by atoms with E-state index in [1.807, 2.05) is 91.0 Å². The van der Waals surface area contributed by atoms with Crippen molar-refractivity contribution in [2.75, 3.05) is 6.61 Å². The maximum absolute atomic E-state index is 13.6. The third-order valence-corrected chi connectivity index (χ3v) is 14.0. The summed E-state index contributed by atoms with van der Waals surface area (Å²) < 4.78 is 96.5. The van der Waals surface area contributed by atoms with Gasteiger partial charge in [0.15, 0.2) is 11.7 Å². The summed E-state index contributed by atoms with van der Waals surface area (Å²) in [6, 6.07) is 48.1. The van der Waals surface area contributed by atoms with E-state index in [4.69, 9.17) is 14.2 Å². The lowest BCUT2D eigenvalue weighted by Gasteiger charge is -2.26. The number of carbonyl (C=O) groups excluding carboxylic acids is 1. The van der Waals surface area contributed by atoms with Crippen LogP contribution in [0.1, 0.15) is 103 Å². The summed E-state index contributed by atoms with van der Waals surface area (Å²) in [5, 5.41) is 3.98. The first-order valence-corrected chi connectivity index (χ1v) is 23.1. The molecule has 2 aliphatic rings. The predicted octanol–water partition coefficient (Wildman–Crippen LogP) is 16.2. The van der Waals surface area contributed by atoms with E-state index >= 15 is 0 Å².